The van der Waals surface area contributed by atoms with Gasteiger partial charge in [-0.15, -0.1) is 0 Å². The Hall–Kier alpha value is -1.11. The molecule has 0 aliphatic carbocycles. The van der Waals surface area contributed by atoms with Crippen LogP contribution in [0.15, 0.2) is 21.0 Å². The highest BCUT2D eigenvalue weighted by atomic mass is 32.2. The Morgan fingerprint density at radius 3 is 2.53 bits per heavy atom. The molecule has 0 saturated heterocycles. The van der Waals surface area contributed by atoms with E-state index in [4.69, 9.17) is 10.2 Å². The van der Waals surface area contributed by atoms with Gasteiger partial charge in [0.15, 0.2) is 0 Å². The molecule has 1 aliphatic heterocycles. The van der Waals surface area contributed by atoms with E-state index >= 15 is 0 Å². The summed E-state index contributed by atoms with van der Waals surface area (Å²) >= 11 is 0. The first-order valence-electron chi connectivity index (χ1n) is 6.32. The van der Waals surface area contributed by atoms with Gasteiger partial charge in [-0.2, -0.15) is 4.31 Å². The van der Waals surface area contributed by atoms with E-state index in [2.05, 4.69) is 0 Å². The van der Waals surface area contributed by atoms with Gasteiger partial charge in [0.05, 0.1) is 0 Å². The zero-order valence-electron chi connectivity index (χ0n) is 11.6. The molecule has 1 aromatic rings. The number of hydrogen-bond donors (Lipinski definition) is 1. The molecule has 0 fully saturated rings. The van der Waals surface area contributed by atoms with E-state index in [0.29, 0.717) is 30.2 Å². The lowest BCUT2D eigenvalue weighted by Gasteiger charge is -2.25. The first kappa shape index (κ1) is 14.3. The van der Waals surface area contributed by atoms with Gasteiger partial charge in [0.2, 0.25) is 10.0 Å². The highest BCUT2D eigenvalue weighted by molar-refractivity contribution is 7.89. The van der Waals surface area contributed by atoms with Crippen LogP contribution < -0.4 is 5.73 Å². The molecule has 0 amide bonds. The second kappa shape index (κ2) is 5.11. The maximum atomic E-state index is 12.7. The Morgan fingerprint density at radius 2 is 2.00 bits per heavy atom. The van der Waals surface area contributed by atoms with Crippen molar-refractivity contribution >= 4 is 10.0 Å². The van der Waals surface area contributed by atoms with Crippen molar-refractivity contribution in [3.8, 4) is 0 Å². The van der Waals surface area contributed by atoms with Crippen LogP contribution in [0.5, 0.6) is 0 Å². The molecule has 1 aromatic heterocycles. The lowest BCUT2D eigenvalue weighted by Crippen LogP contribution is -2.35. The summed E-state index contributed by atoms with van der Waals surface area (Å²) in [7, 11) is -3.52. The van der Waals surface area contributed by atoms with Gasteiger partial charge in [-0.25, -0.2) is 8.42 Å². The quantitative estimate of drug-likeness (QED) is 0.857. The van der Waals surface area contributed by atoms with Crippen molar-refractivity contribution in [1.29, 1.82) is 0 Å². The molecular formula is C13H20N2O3S. The molecule has 6 heteroatoms. The molecule has 1 aliphatic rings. The van der Waals surface area contributed by atoms with Gasteiger partial charge in [-0.1, -0.05) is 11.6 Å². The molecular weight excluding hydrogens is 264 g/mol. The van der Waals surface area contributed by atoms with Gasteiger partial charge in [-0.3, -0.25) is 0 Å². The van der Waals surface area contributed by atoms with Crippen molar-refractivity contribution in [2.45, 2.75) is 38.6 Å². The van der Waals surface area contributed by atoms with Crippen molar-refractivity contribution in [3.05, 3.63) is 28.7 Å². The molecule has 0 aromatic carbocycles. The number of furan rings is 1. The summed E-state index contributed by atoms with van der Waals surface area (Å²) < 4.78 is 32.3. The van der Waals surface area contributed by atoms with Gasteiger partial charge in [0, 0.05) is 25.2 Å². The van der Waals surface area contributed by atoms with Crippen LogP contribution in [0.1, 0.15) is 30.4 Å². The SMILES string of the molecule is CC1=CCN(S(=O)(=O)c2c(C)oc(C)c2CN)CC1. The molecule has 106 valence electrons. The average Bonchev–Trinajstić information content (AvgIpc) is 2.64. The van der Waals surface area contributed by atoms with Crippen LogP contribution in [0.4, 0.5) is 0 Å². The predicted octanol–water partition coefficient (Wildman–Crippen LogP) is 1.70. The Bertz CT molecular complexity index is 614. The van der Waals surface area contributed by atoms with Crippen LogP contribution in [0.2, 0.25) is 0 Å². The number of nitrogens with two attached hydrogens (primary N) is 1. The Labute approximate surface area is 114 Å². The molecule has 0 atom stereocenters. The van der Waals surface area contributed by atoms with Crippen molar-refractivity contribution in [1.82, 2.24) is 4.31 Å². The smallest absolute Gasteiger partial charge is 0.247 e. The normalized spacial score (nSPS) is 17.6. The van der Waals surface area contributed by atoms with Gasteiger partial charge >= 0.3 is 0 Å². The maximum absolute atomic E-state index is 12.7. The monoisotopic (exact) mass is 284 g/mol. The van der Waals surface area contributed by atoms with E-state index in [0.717, 1.165) is 6.42 Å². The van der Waals surface area contributed by atoms with E-state index in [1.54, 1.807) is 13.8 Å². The van der Waals surface area contributed by atoms with Crippen LogP contribution in [0.3, 0.4) is 0 Å². The maximum Gasteiger partial charge on any atom is 0.247 e. The standard InChI is InChI=1S/C13H20N2O3S/c1-9-4-6-15(7-5-9)19(16,17)13-11(3)18-10(2)12(13)8-14/h4H,5-8,14H2,1-3H3. The molecule has 19 heavy (non-hydrogen) atoms. The summed E-state index contributed by atoms with van der Waals surface area (Å²) in [6.45, 7) is 6.53. The molecule has 2 rings (SSSR count). The number of sulfonamides is 1. The second-order valence-corrected chi connectivity index (χ2v) is 6.76. The molecule has 0 spiro atoms. The van der Waals surface area contributed by atoms with Crippen LogP contribution in [-0.2, 0) is 16.6 Å². The summed E-state index contributed by atoms with van der Waals surface area (Å²) in [6, 6.07) is 0. The molecule has 2 heterocycles. The van der Waals surface area contributed by atoms with Crippen LogP contribution in [0, 0.1) is 13.8 Å². The van der Waals surface area contributed by atoms with E-state index in [1.165, 1.54) is 9.88 Å². The summed E-state index contributed by atoms with van der Waals surface area (Å²) in [5, 5.41) is 0. The minimum atomic E-state index is -3.52. The summed E-state index contributed by atoms with van der Waals surface area (Å²) in [5.74, 6) is 1.01. The second-order valence-electron chi connectivity index (χ2n) is 4.89. The molecule has 0 unspecified atom stereocenters. The molecule has 0 bridgehead atoms. The van der Waals surface area contributed by atoms with Crippen molar-refractivity contribution in [3.63, 3.8) is 0 Å². The zero-order chi connectivity index (χ0) is 14.2. The summed E-state index contributed by atoms with van der Waals surface area (Å²) in [4.78, 5) is 0.250. The summed E-state index contributed by atoms with van der Waals surface area (Å²) in [5.41, 5.74) is 7.47. The number of aryl methyl sites for hydroxylation is 2. The van der Waals surface area contributed by atoms with Crippen LogP contribution in [-0.4, -0.2) is 25.8 Å². The van der Waals surface area contributed by atoms with E-state index < -0.39 is 10.0 Å². The fraction of sp³-hybridized carbons (Fsp3) is 0.538. The zero-order valence-corrected chi connectivity index (χ0v) is 12.4. The van der Waals surface area contributed by atoms with Gasteiger partial charge in [0.25, 0.3) is 0 Å². The van der Waals surface area contributed by atoms with E-state index in [-0.39, 0.29) is 11.4 Å². The Balaban J connectivity index is 2.46. The molecule has 2 N–H and O–H groups in total. The highest BCUT2D eigenvalue weighted by Gasteiger charge is 2.32. The third kappa shape index (κ3) is 2.48. The summed E-state index contributed by atoms with van der Waals surface area (Å²) in [6.07, 6.45) is 2.72. The predicted molar refractivity (Wildman–Crippen MR) is 73.2 cm³/mol. The largest absolute Gasteiger partial charge is 0.465 e. The van der Waals surface area contributed by atoms with Crippen molar-refractivity contribution in [2.24, 2.45) is 5.73 Å². The van der Waals surface area contributed by atoms with Crippen molar-refractivity contribution in [2.75, 3.05) is 13.1 Å². The van der Waals surface area contributed by atoms with E-state index in [1.807, 2.05) is 13.0 Å². The van der Waals surface area contributed by atoms with Crippen LogP contribution in [0.25, 0.3) is 0 Å². The lowest BCUT2D eigenvalue weighted by atomic mass is 10.1. The lowest BCUT2D eigenvalue weighted by molar-refractivity contribution is 0.428. The van der Waals surface area contributed by atoms with Gasteiger partial charge in [-0.05, 0) is 27.2 Å². The molecule has 0 radical (unpaired) electrons. The van der Waals surface area contributed by atoms with Crippen LogP contribution >= 0.6 is 0 Å². The van der Waals surface area contributed by atoms with Gasteiger partial charge < -0.3 is 10.2 Å². The minimum absolute atomic E-state index is 0.167. The Kier molecular flexibility index (Phi) is 3.85. The fourth-order valence-electron chi connectivity index (χ4n) is 2.38. The molecule has 0 saturated carbocycles. The number of rotatable bonds is 3. The first-order valence-corrected chi connectivity index (χ1v) is 7.76. The fourth-order valence-corrected chi connectivity index (χ4v) is 4.19. The highest BCUT2D eigenvalue weighted by Crippen LogP contribution is 2.30. The first-order chi connectivity index (χ1) is 8.87. The molecule has 5 nitrogen and oxygen atoms in total. The Morgan fingerprint density at radius 1 is 1.32 bits per heavy atom. The van der Waals surface area contributed by atoms with Crippen molar-refractivity contribution < 1.29 is 12.8 Å². The minimum Gasteiger partial charge on any atom is -0.465 e. The van der Waals surface area contributed by atoms with E-state index in [9.17, 15) is 8.42 Å². The number of nitrogens with zero attached hydrogens (tertiary/aromatic N) is 1. The topological polar surface area (TPSA) is 76.5 Å². The third-order valence-corrected chi connectivity index (χ3v) is 5.59. The van der Waals surface area contributed by atoms with Gasteiger partial charge in [0.1, 0.15) is 16.4 Å². The average molecular weight is 284 g/mol. The number of hydrogen-bond acceptors (Lipinski definition) is 4. The third-order valence-electron chi connectivity index (χ3n) is 3.53.